The summed E-state index contributed by atoms with van der Waals surface area (Å²) in [5.41, 5.74) is 15.8. The lowest BCUT2D eigenvalue weighted by atomic mass is 10.1. The smallest absolute Gasteiger partial charge is 0.242 e. The minimum atomic E-state index is -0.561. The molecule has 1 unspecified atom stereocenters. The van der Waals surface area contributed by atoms with E-state index >= 15 is 0 Å². The van der Waals surface area contributed by atoms with Crippen LogP contribution in [0.25, 0.3) is 0 Å². The molecule has 0 aliphatic heterocycles. The molecule has 0 radical (unpaired) electrons. The lowest BCUT2D eigenvalue weighted by molar-refractivity contribution is -0.129. The topological polar surface area (TPSA) is 161 Å². The van der Waals surface area contributed by atoms with Gasteiger partial charge in [0, 0.05) is 26.7 Å². The molecule has 0 aliphatic carbocycles. The van der Waals surface area contributed by atoms with Gasteiger partial charge >= 0.3 is 0 Å². The number of aliphatic imine (C=N–C) groups is 1. The molecule has 0 aromatic rings. The summed E-state index contributed by atoms with van der Waals surface area (Å²) in [5, 5.41) is 8.26. The zero-order chi connectivity index (χ0) is 16.8. The van der Waals surface area contributed by atoms with Crippen molar-refractivity contribution >= 4 is 17.8 Å². The van der Waals surface area contributed by atoms with Gasteiger partial charge in [0.05, 0.1) is 0 Å². The van der Waals surface area contributed by atoms with Crippen LogP contribution in [0.5, 0.6) is 0 Å². The molecule has 9 N–H and O–H groups in total. The van der Waals surface area contributed by atoms with E-state index in [-0.39, 0.29) is 17.8 Å². The van der Waals surface area contributed by atoms with Crippen LogP contribution in [0.3, 0.4) is 0 Å². The summed E-state index contributed by atoms with van der Waals surface area (Å²) < 4.78 is 0. The van der Waals surface area contributed by atoms with Crippen LogP contribution in [0.2, 0.25) is 0 Å². The molecular weight excluding hydrogens is 286 g/mol. The summed E-state index contributed by atoms with van der Waals surface area (Å²) in [5.74, 6) is -0.336. The first-order valence-electron chi connectivity index (χ1n) is 7.48. The number of nitrogens with two attached hydrogens (primary N) is 3. The van der Waals surface area contributed by atoms with Crippen molar-refractivity contribution in [2.75, 3.05) is 26.8 Å². The lowest BCUT2D eigenvalue weighted by Crippen LogP contribution is -2.45. The van der Waals surface area contributed by atoms with Gasteiger partial charge in [-0.15, -0.1) is 0 Å². The number of rotatable bonds is 12. The van der Waals surface area contributed by atoms with Gasteiger partial charge in [-0.3, -0.25) is 14.6 Å². The number of nitrogens with zero attached hydrogens (tertiary/aromatic N) is 1. The van der Waals surface area contributed by atoms with Crippen LogP contribution in [0.15, 0.2) is 4.99 Å². The molecule has 128 valence electrons. The molecule has 0 aromatic heterocycles. The third kappa shape index (κ3) is 10.9. The van der Waals surface area contributed by atoms with E-state index in [1.807, 2.05) is 0 Å². The Kier molecular flexibility index (Phi) is 11.7. The highest BCUT2D eigenvalue weighted by Gasteiger charge is 2.18. The van der Waals surface area contributed by atoms with Gasteiger partial charge in [0.15, 0.2) is 5.96 Å². The van der Waals surface area contributed by atoms with Crippen LogP contribution in [0.4, 0.5) is 0 Å². The third-order valence-corrected chi connectivity index (χ3v) is 3.00. The molecule has 2 amide bonds. The van der Waals surface area contributed by atoms with Crippen molar-refractivity contribution in [1.82, 2.24) is 16.0 Å². The van der Waals surface area contributed by atoms with E-state index in [2.05, 4.69) is 20.9 Å². The minimum Gasteiger partial charge on any atom is -0.370 e. The van der Waals surface area contributed by atoms with E-state index in [0.717, 1.165) is 19.4 Å². The highest BCUT2D eigenvalue weighted by Crippen LogP contribution is 2.01. The molecule has 1 atom stereocenters. The number of hydrogen-bond acceptors (Lipinski definition) is 5. The molecule has 22 heavy (non-hydrogen) atoms. The molecular formula is C13H29N7O2. The fourth-order valence-corrected chi connectivity index (χ4v) is 1.85. The SMILES string of the molecule is CNC(=O)C(CCCN=C(N)N)NC(=O)CCCCNCN. The molecule has 0 bridgehead atoms. The summed E-state index contributed by atoms with van der Waals surface area (Å²) in [6.07, 6.45) is 3.08. The number of amides is 2. The number of hydrogen-bond donors (Lipinski definition) is 6. The Balaban J connectivity index is 4.09. The monoisotopic (exact) mass is 315 g/mol. The summed E-state index contributed by atoms with van der Waals surface area (Å²) in [6, 6.07) is -0.561. The maximum Gasteiger partial charge on any atom is 0.242 e. The largest absolute Gasteiger partial charge is 0.370 e. The van der Waals surface area contributed by atoms with E-state index in [1.54, 1.807) is 0 Å². The second kappa shape index (κ2) is 12.8. The summed E-state index contributed by atoms with van der Waals surface area (Å²) in [4.78, 5) is 27.4. The molecule has 0 saturated heterocycles. The second-order valence-corrected chi connectivity index (χ2v) is 4.84. The number of carbonyl (C=O) groups excluding carboxylic acids is 2. The van der Waals surface area contributed by atoms with Crippen molar-refractivity contribution in [3.05, 3.63) is 0 Å². The first kappa shape index (κ1) is 20.1. The quantitative estimate of drug-likeness (QED) is 0.105. The van der Waals surface area contributed by atoms with Gasteiger partial charge in [0.1, 0.15) is 6.04 Å². The molecule has 0 aliphatic rings. The Morgan fingerprint density at radius 2 is 1.91 bits per heavy atom. The minimum absolute atomic E-state index is 0.0200. The molecule has 0 rings (SSSR count). The van der Waals surface area contributed by atoms with E-state index in [1.165, 1.54) is 7.05 Å². The summed E-state index contributed by atoms with van der Waals surface area (Å²) in [6.45, 7) is 1.64. The van der Waals surface area contributed by atoms with Gasteiger partial charge in [-0.2, -0.15) is 0 Å². The maximum absolute atomic E-state index is 11.8. The highest BCUT2D eigenvalue weighted by atomic mass is 16.2. The molecule has 0 spiro atoms. The van der Waals surface area contributed by atoms with Gasteiger partial charge in [0.2, 0.25) is 11.8 Å². The number of nitrogens with one attached hydrogen (secondary N) is 3. The number of likely N-dealkylation sites (N-methyl/N-ethyl adjacent to an activating group) is 1. The highest BCUT2D eigenvalue weighted by molar-refractivity contribution is 5.87. The van der Waals surface area contributed by atoms with Crippen molar-refractivity contribution in [1.29, 1.82) is 0 Å². The zero-order valence-corrected chi connectivity index (χ0v) is 13.2. The molecule has 0 saturated carbocycles. The van der Waals surface area contributed by atoms with Crippen LogP contribution in [-0.4, -0.2) is 50.6 Å². The summed E-state index contributed by atoms with van der Waals surface area (Å²) >= 11 is 0. The Hall–Kier alpha value is -1.87. The van der Waals surface area contributed by atoms with E-state index in [4.69, 9.17) is 17.2 Å². The molecule has 9 nitrogen and oxygen atoms in total. The van der Waals surface area contributed by atoms with Crippen LogP contribution in [0.1, 0.15) is 32.1 Å². The van der Waals surface area contributed by atoms with Gasteiger partial charge < -0.3 is 33.2 Å². The Bertz CT molecular complexity index is 356. The lowest BCUT2D eigenvalue weighted by Gasteiger charge is -2.17. The van der Waals surface area contributed by atoms with E-state index in [0.29, 0.717) is 32.5 Å². The van der Waals surface area contributed by atoms with Gasteiger partial charge in [0.25, 0.3) is 0 Å². The maximum atomic E-state index is 11.8. The predicted octanol–water partition coefficient (Wildman–Crippen LogP) is -2.05. The van der Waals surface area contributed by atoms with Crippen molar-refractivity contribution in [3.8, 4) is 0 Å². The van der Waals surface area contributed by atoms with Gasteiger partial charge in [-0.25, -0.2) is 0 Å². The predicted molar refractivity (Wildman–Crippen MR) is 86.8 cm³/mol. The normalized spacial score (nSPS) is 11.5. The van der Waals surface area contributed by atoms with Crippen LogP contribution >= 0.6 is 0 Å². The zero-order valence-electron chi connectivity index (χ0n) is 13.2. The standard InChI is InChI=1S/C13H29N7O2/c1-17-12(22)10(5-4-8-19-13(15)16)20-11(21)6-2-3-7-18-9-14/h10,18H,2-9,14H2,1H3,(H,17,22)(H,20,21)(H4,15,16,19). The Morgan fingerprint density at radius 1 is 1.18 bits per heavy atom. The fourth-order valence-electron chi connectivity index (χ4n) is 1.85. The van der Waals surface area contributed by atoms with Crippen LogP contribution in [0, 0.1) is 0 Å². The van der Waals surface area contributed by atoms with Crippen molar-refractivity contribution < 1.29 is 9.59 Å². The molecule has 9 heteroatoms. The van der Waals surface area contributed by atoms with Gasteiger partial charge in [-0.05, 0) is 32.2 Å². The van der Waals surface area contributed by atoms with E-state index in [9.17, 15) is 9.59 Å². The van der Waals surface area contributed by atoms with Crippen molar-refractivity contribution in [3.63, 3.8) is 0 Å². The van der Waals surface area contributed by atoms with Crippen molar-refractivity contribution in [2.45, 2.75) is 38.1 Å². The van der Waals surface area contributed by atoms with Gasteiger partial charge in [-0.1, -0.05) is 0 Å². The van der Waals surface area contributed by atoms with Crippen molar-refractivity contribution in [2.24, 2.45) is 22.2 Å². The van der Waals surface area contributed by atoms with Crippen LogP contribution in [-0.2, 0) is 9.59 Å². The first-order valence-corrected chi connectivity index (χ1v) is 7.48. The first-order chi connectivity index (χ1) is 10.5. The molecule has 0 heterocycles. The Labute approximate surface area is 131 Å². The third-order valence-electron chi connectivity index (χ3n) is 3.00. The summed E-state index contributed by atoms with van der Waals surface area (Å²) in [7, 11) is 1.54. The average Bonchev–Trinajstić information content (AvgIpc) is 2.49. The second-order valence-electron chi connectivity index (χ2n) is 4.84. The average molecular weight is 315 g/mol. The van der Waals surface area contributed by atoms with Crippen LogP contribution < -0.4 is 33.2 Å². The number of carbonyl (C=O) groups is 2. The Morgan fingerprint density at radius 3 is 2.50 bits per heavy atom. The fraction of sp³-hybridized carbons (Fsp3) is 0.769. The molecule has 0 fully saturated rings. The molecule has 0 aromatic carbocycles. The number of unbranched alkanes of at least 4 members (excludes halogenated alkanes) is 1. The number of guanidine groups is 1. The van der Waals surface area contributed by atoms with E-state index < -0.39 is 6.04 Å².